The lowest BCUT2D eigenvalue weighted by Crippen LogP contribution is -2.42. The van der Waals surface area contributed by atoms with Crippen molar-refractivity contribution in [3.63, 3.8) is 0 Å². The number of likely N-dealkylation sites (N-methyl/N-ethyl adjacent to an activating group) is 1. The Balaban J connectivity index is 1.22. The van der Waals surface area contributed by atoms with Crippen LogP contribution >= 0.6 is 0 Å². The summed E-state index contributed by atoms with van der Waals surface area (Å²) < 4.78 is 11.6. The summed E-state index contributed by atoms with van der Waals surface area (Å²) in [5.41, 5.74) is 0.844. The third kappa shape index (κ3) is 4.20. The van der Waals surface area contributed by atoms with Crippen LogP contribution in [0.2, 0.25) is 0 Å². The molecule has 1 aliphatic heterocycles. The molecule has 1 aromatic heterocycles. The Morgan fingerprint density at radius 1 is 1.00 bits per heavy atom. The van der Waals surface area contributed by atoms with E-state index in [4.69, 9.17) is 9.15 Å². The van der Waals surface area contributed by atoms with E-state index < -0.39 is 6.04 Å². The molecule has 1 saturated heterocycles. The Bertz CT molecular complexity index is 1300. The molecule has 6 nitrogen and oxygen atoms in total. The molecule has 6 heteroatoms. The van der Waals surface area contributed by atoms with Crippen molar-refractivity contribution in [2.75, 3.05) is 18.5 Å². The number of carbonyl (C=O) groups is 2. The van der Waals surface area contributed by atoms with Crippen LogP contribution in [0.3, 0.4) is 0 Å². The molecule has 4 aromatic rings. The Morgan fingerprint density at radius 2 is 1.76 bits per heavy atom. The van der Waals surface area contributed by atoms with Gasteiger partial charge in [0, 0.05) is 19.3 Å². The maximum Gasteiger partial charge on any atom is 0.289 e. The van der Waals surface area contributed by atoms with Crippen LogP contribution in [-0.4, -0.2) is 36.3 Å². The Morgan fingerprint density at radius 3 is 2.58 bits per heavy atom. The van der Waals surface area contributed by atoms with Crippen molar-refractivity contribution in [2.24, 2.45) is 0 Å². The van der Waals surface area contributed by atoms with Gasteiger partial charge in [-0.25, -0.2) is 0 Å². The van der Waals surface area contributed by atoms with Crippen LogP contribution in [0.25, 0.3) is 10.8 Å². The average molecular weight is 440 g/mol. The maximum absolute atomic E-state index is 13.0. The number of para-hydroxylation sites is 1. The van der Waals surface area contributed by atoms with Crippen LogP contribution < -0.4 is 9.64 Å². The topological polar surface area (TPSA) is 63.0 Å². The number of fused-ring (bicyclic) bond motifs is 1. The number of hydrogen-bond donors (Lipinski definition) is 0. The van der Waals surface area contributed by atoms with Gasteiger partial charge in [-0.15, -0.1) is 0 Å². The normalized spacial score (nSPS) is 15.7. The van der Waals surface area contributed by atoms with Gasteiger partial charge in [-0.3, -0.25) is 9.59 Å². The second-order valence-electron chi connectivity index (χ2n) is 8.11. The van der Waals surface area contributed by atoms with Crippen molar-refractivity contribution < 1.29 is 18.7 Å². The van der Waals surface area contributed by atoms with Gasteiger partial charge in [0.2, 0.25) is 5.91 Å². The standard InChI is InChI=1S/C27H24N2O4/c1-28(24-15-16-29(26(24)30)21-9-3-2-4-10-21)27(31)25-14-13-23(33-25)18-32-22-12-11-19-7-5-6-8-20(19)17-22/h2-14,17,24H,15-16,18H2,1H3. The van der Waals surface area contributed by atoms with Gasteiger partial charge in [0.15, 0.2) is 5.76 Å². The van der Waals surface area contributed by atoms with E-state index in [2.05, 4.69) is 0 Å². The van der Waals surface area contributed by atoms with E-state index in [9.17, 15) is 9.59 Å². The molecule has 1 aliphatic rings. The van der Waals surface area contributed by atoms with Crippen molar-refractivity contribution in [2.45, 2.75) is 19.1 Å². The van der Waals surface area contributed by atoms with Crippen molar-refractivity contribution in [1.82, 2.24) is 4.90 Å². The molecule has 0 N–H and O–H groups in total. The van der Waals surface area contributed by atoms with Gasteiger partial charge >= 0.3 is 0 Å². The summed E-state index contributed by atoms with van der Waals surface area (Å²) in [6, 6.07) is 26.3. The fraction of sp³-hybridized carbons (Fsp3) is 0.185. The fourth-order valence-corrected chi connectivity index (χ4v) is 4.19. The van der Waals surface area contributed by atoms with E-state index in [0.717, 1.165) is 22.2 Å². The van der Waals surface area contributed by atoms with Crippen LogP contribution in [0.15, 0.2) is 89.3 Å². The maximum atomic E-state index is 13.0. The summed E-state index contributed by atoms with van der Waals surface area (Å²) in [7, 11) is 1.65. The van der Waals surface area contributed by atoms with Gasteiger partial charge in [-0.2, -0.15) is 0 Å². The molecule has 166 valence electrons. The van der Waals surface area contributed by atoms with E-state index in [-0.39, 0.29) is 24.2 Å². The first-order chi connectivity index (χ1) is 16.1. The molecule has 1 unspecified atom stereocenters. The zero-order valence-corrected chi connectivity index (χ0v) is 18.3. The van der Waals surface area contributed by atoms with Crippen LogP contribution in [-0.2, 0) is 11.4 Å². The van der Waals surface area contributed by atoms with Crippen molar-refractivity contribution in [3.05, 3.63) is 96.4 Å². The molecule has 1 fully saturated rings. The molecular formula is C27H24N2O4. The predicted molar refractivity (Wildman–Crippen MR) is 126 cm³/mol. The SMILES string of the molecule is CN(C(=O)c1ccc(COc2ccc3ccccc3c2)o1)C1CCN(c2ccccc2)C1=O. The molecule has 0 saturated carbocycles. The first-order valence-electron chi connectivity index (χ1n) is 10.9. The number of amides is 2. The van der Waals surface area contributed by atoms with Crippen LogP contribution in [0.5, 0.6) is 5.75 Å². The smallest absolute Gasteiger partial charge is 0.289 e. The van der Waals surface area contributed by atoms with Crippen molar-refractivity contribution in [1.29, 1.82) is 0 Å². The highest BCUT2D eigenvalue weighted by molar-refractivity contribution is 6.03. The largest absolute Gasteiger partial charge is 0.486 e. The Labute approximate surface area is 192 Å². The molecule has 2 heterocycles. The first-order valence-corrected chi connectivity index (χ1v) is 10.9. The third-order valence-electron chi connectivity index (χ3n) is 6.01. The molecule has 3 aromatic carbocycles. The van der Waals surface area contributed by atoms with E-state index in [1.54, 1.807) is 24.1 Å². The highest BCUT2D eigenvalue weighted by Gasteiger charge is 2.38. The lowest BCUT2D eigenvalue weighted by molar-refractivity contribution is -0.120. The Hall–Kier alpha value is -4.06. The second kappa shape index (κ2) is 8.82. The highest BCUT2D eigenvalue weighted by Crippen LogP contribution is 2.25. The first kappa shape index (κ1) is 20.8. The van der Waals surface area contributed by atoms with Crippen molar-refractivity contribution in [3.8, 4) is 5.75 Å². The molecule has 0 radical (unpaired) electrons. The number of ether oxygens (including phenoxy) is 1. The van der Waals surface area contributed by atoms with Gasteiger partial charge in [0.05, 0.1) is 0 Å². The number of hydrogen-bond acceptors (Lipinski definition) is 4. The summed E-state index contributed by atoms with van der Waals surface area (Å²) in [6.45, 7) is 0.785. The summed E-state index contributed by atoms with van der Waals surface area (Å²) in [4.78, 5) is 29.1. The molecule has 1 atom stereocenters. The fourth-order valence-electron chi connectivity index (χ4n) is 4.19. The summed E-state index contributed by atoms with van der Waals surface area (Å²) in [5.74, 6) is 1.07. The second-order valence-corrected chi connectivity index (χ2v) is 8.11. The highest BCUT2D eigenvalue weighted by atomic mass is 16.5. The zero-order valence-electron chi connectivity index (χ0n) is 18.3. The van der Waals surface area contributed by atoms with Crippen molar-refractivity contribution >= 4 is 28.3 Å². The number of rotatable bonds is 6. The number of anilines is 1. The molecule has 2 amide bonds. The van der Waals surface area contributed by atoms with Gasteiger partial charge in [-0.05, 0) is 53.6 Å². The van der Waals surface area contributed by atoms with E-state index in [1.165, 1.54) is 4.90 Å². The third-order valence-corrected chi connectivity index (χ3v) is 6.01. The van der Waals surface area contributed by atoms with Gasteiger partial charge in [0.25, 0.3) is 5.91 Å². The Kier molecular flexibility index (Phi) is 5.57. The summed E-state index contributed by atoms with van der Waals surface area (Å²) in [6.07, 6.45) is 0.578. The van der Waals surface area contributed by atoms with E-state index >= 15 is 0 Å². The number of benzene rings is 3. The minimum Gasteiger partial charge on any atom is -0.486 e. The minimum atomic E-state index is -0.514. The van der Waals surface area contributed by atoms with Crippen LogP contribution in [0.4, 0.5) is 5.69 Å². The van der Waals surface area contributed by atoms with Crippen LogP contribution in [0.1, 0.15) is 22.7 Å². The zero-order chi connectivity index (χ0) is 22.8. The monoisotopic (exact) mass is 440 g/mol. The molecule has 0 bridgehead atoms. The minimum absolute atomic E-state index is 0.0801. The quantitative estimate of drug-likeness (QED) is 0.428. The van der Waals surface area contributed by atoms with Gasteiger partial charge in [-0.1, -0.05) is 48.5 Å². The lowest BCUT2D eigenvalue weighted by Gasteiger charge is -2.23. The van der Waals surface area contributed by atoms with E-state index in [0.29, 0.717) is 18.7 Å². The van der Waals surface area contributed by atoms with Crippen LogP contribution in [0, 0.1) is 0 Å². The van der Waals surface area contributed by atoms with Gasteiger partial charge in [0.1, 0.15) is 24.2 Å². The van der Waals surface area contributed by atoms with E-state index in [1.807, 2.05) is 72.8 Å². The molecule has 0 spiro atoms. The number of nitrogens with zero attached hydrogens (tertiary/aromatic N) is 2. The molecule has 0 aliphatic carbocycles. The predicted octanol–water partition coefficient (Wildman–Crippen LogP) is 4.89. The molecular weight excluding hydrogens is 416 g/mol. The number of furan rings is 1. The van der Waals surface area contributed by atoms with Gasteiger partial charge < -0.3 is 19.0 Å². The summed E-state index contributed by atoms with van der Waals surface area (Å²) in [5, 5.41) is 2.24. The molecule has 33 heavy (non-hydrogen) atoms. The molecule has 5 rings (SSSR count). The summed E-state index contributed by atoms with van der Waals surface area (Å²) >= 11 is 0. The number of carbonyl (C=O) groups excluding carboxylic acids is 2. The lowest BCUT2D eigenvalue weighted by atomic mass is 10.1. The average Bonchev–Trinajstić information content (AvgIpc) is 3.49.